The van der Waals surface area contributed by atoms with Gasteiger partial charge in [0.1, 0.15) is 36.2 Å². The molecule has 0 aliphatic heterocycles. The van der Waals surface area contributed by atoms with Crippen LogP contribution in [-0.2, 0) is 70.8 Å². The number of aromatic nitrogens is 4. The number of esters is 3. The number of aliphatic hydroxyl groups is 1. The van der Waals surface area contributed by atoms with Crippen molar-refractivity contribution in [2.45, 2.75) is 76.1 Å². The van der Waals surface area contributed by atoms with Crippen LogP contribution in [0.5, 0.6) is 0 Å². The maximum atomic E-state index is 13.0. The Morgan fingerprint density at radius 2 is 0.650 bits per heavy atom. The Kier molecular flexibility index (Phi) is 30.5. The van der Waals surface area contributed by atoms with Gasteiger partial charge in [0.15, 0.2) is 9.84 Å². The van der Waals surface area contributed by atoms with E-state index < -0.39 is 48.2 Å². The first kappa shape index (κ1) is 87.9. The summed E-state index contributed by atoms with van der Waals surface area (Å²) >= 11 is 11.8. The zero-order chi connectivity index (χ0) is 84.4. The van der Waals surface area contributed by atoms with Gasteiger partial charge in [0.25, 0.3) is 0 Å². The van der Waals surface area contributed by atoms with Crippen LogP contribution in [0.1, 0.15) is 59.3 Å². The van der Waals surface area contributed by atoms with Crippen molar-refractivity contribution >= 4 is 214 Å². The maximum absolute atomic E-state index is 13.0. The molecule has 0 spiro atoms. The Labute approximate surface area is 733 Å². The number of sulfone groups is 1. The van der Waals surface area contributed by atoms with Gasteiger partial charge in [-0.05, 0) is 153 Å². The number of carbonyl (C=O) groups excluding carboxylic acids is 3. The lowest BCUT2D eigenvalue weighted by Gasteiger charge is -2.08. The molecule has 0 aliphatic rings. The molecule has 3 atom stereocenters. The number of carbonyl (C=O) groups is 3. The van der Waals surface area contributed by atoms with Crippen LogP contribution >= 0.6 is 90.7 Å². The summed E-state index contributed by atoms with van der Waals surface area (Å²) in [6.45, 7) is 4.81. The second-order valence-corrected chi connectivity index (χ2v) is 42.2. The van der Waals surface area contributed by atoms with Gasteiger partial charge in [-0.2, -0.15) is 0 Å². The number of aliphatic hydroxyl groups excluding tert-OH is 1. The summed E-state index contributed by atoms with van der Waals surface area (Å²) in [5, 5.41) is 20.3. The second-order valence-electron chi connectivity index (χ2n) is 26.9. The first-order valence-corrected chi connectivity index (χ1v) is 50.2. The molecule has 20 nitrogen and oxygen atoms in total. The third-order valence-electron chi connectivity index (χ3n) is 18.4. The van der Waals surface area contributed by atoms with Crippen molar-refractivity contribution < 1.29 is 54.7 Å². The lowest BCUT2D eigenvalue weighted by atomic mass is 10.0. The third-order valence-corrected chi connectivity index (χ3v) is 34.5. The molecule has 120 heavy (non-hydrogen) atoms. The zero-order valence-corrected chi connectivity index (χ0v) is 74.9. The number of thiophene rings is 8. The van der Waals surface area contributed by atoms with Crippen molar-refractivity contribution in [1.29, 1.82) is 0 Å². The fraction of sp³-hybridized carbons (Fsp3) is 0.193. The number of nitrogen functional groups attached to an aromatic ring is 4. The van der Waals surface area contributed by atoms with Crippen LogP contribution in [0.2, 0.25) is 0 Å². The molecule has 618 valence electrons. The average molecular weight is 1830 g/mol. The first-order valence-electron chi connectivity index (χ1n) is 37.8. The number of nitrogens with zero attached hydrogens (tertiary/aromatic N) is 4. The number of benzene rings is 4. The van der Waals surface area contributed by atoms with Gasteiger partial charge < -0.3 is 42.3 Å². The Morgan fingerprint density at radius 3 is 0.950 bits per heavy atom. The first-order chi connectivity index (χ1) is 58.1. The van der Waals surface area contributed by atoms with E-state index in [1.807, 2.05) is 167 Å². The highest BCUT2D eigenvalue weighted by atomic mass is 32.2. The van der Waals surface area contributed by atoms with Crippen molar-refractivity contribution in [1.82, 2.24) is 19.9 Å². The minimum atomic E-state index is -3.65. The second kappa shape index (κ2) is 41.6. The highest BCUT2D eigenvalue weighted by Gasteiger charge is 2.29. The van der Waals surface area contributed by atoms with Crippen LogP contribution in [0.15, 0.2) is 232 Å². The molecule has 16 rings (SSSR count). The number of anilines is 4. The van der Waals surface area contributed by atoms with Crippen LogP contribution in [0.4, 0.5) is 22.7 Å². The minimum absolute atomic E-state index is 0.0510. The van der Waals surface area contributed by atoms with Crippen LogP contribution in [0.3, 0.4) is 0 Å². The molecule has 32 heteroatoms. The number of unbranched alkanes of at least 4 members (excludes halogenated alkanes) is 2. The molecule has 0 saturated heterocycles. The van der Waals surface area contributed by atoms with Crippen molar-refractivity contribution in [3.05, 3.63) is 216 Å². The van der Waals surface area contributed by atoms with Gasteiger partial charge in [0.05, 0.1) is 123 Å². The predicted molar refractivity (Wildman–Crippen MR) is 502 cm³/mol. The summed E-state index contributed by atoms with van der Waals surface area (Å²) in [6.07, 6.45) is 3.43. The summed E-state index contributed by atoms with van der Waals surface area (Å²) in [5.74, 6) is 0.123. The zero-order valence-electron chi connectivity index (χ0n) is 65.1. The molecule has 12 heterocycles. The molecule has 12 aromatic heterocycles. The van der Waals surface area contributed by atoms with Gasteiger partial charge in [-0.15, -0.1) is 90.7 Å². The van der Waals surface area contributed by atoms with E-state index >= 15 is 0 Å². The minimum Gasteiger partial charge on any atom is -0.466 e. The number of ether oxygens (including phenoxy) is 3. The maximum Gasteiger partial charge on any atom is 0.302 e. The van der Waals surface area contributed by atoms with Gasteiger partial charge in [-0.3, -0.25) is 27.0 Å². The van der Waals surface area contributed by atoms with E-state index in [1.54, 1.807) is 45.3 Å². The van der Waals surface area contributed by atoms with Crippen LogP contribution in [-0.4, -0.2) is 113 Å². The quantitative estimate of drug-likeness (QED) is 0.0165. The van der Waals surface area contributed by atoms with E-state index in [1.165, 1.54) is 54.8 Å². The summed E-state index contributed by atoms with van der Waals surface area (Å²) < 4.78 is 81.5. The summed E-state index contributed by atoms with van der Waals surface area (Å²) in [5.41, 5.74) is 39.1. The van der Waals surface area contributed by atoms with Crippen LogP contribution in [0, 0.1) is 0 Å². The number of hydrogen-bond acceptors (Lipinski definition) is 28. The fourth-order valence-electron chi connectivity index (χ4n) is 12.9. The Bertz CT molecular complexity index is 6400. The molecule has 0 bridgehead atoms. The van der Waals surface area contributed by atoms with Crippen LogP contribution in [0.25, 0.3) is 128 Å². The van der Waals surface area contributed by atoms with Gasteiger partial charge in [0, 0.05) is 66.2 Å². The molecule has 0 fully saturated rings. The van der Waals surface area contributed by atoms with E-state index in [0.717, 1.165) is 129 Å². The molecular weight excluding hydrogens is 1750 g/mol. The van der Waals surface area contributed by atoms with Crippen molar-refractivity contribution in [2.24, 2.45) is 0 Å². The number of nitrogens with two attached hydrogens (primary N) is 4. The standard InChI is InChI=1S/C23H22N2O3S3.C22H20N2O4S3.C22H20N2O3S3.C21H20N2O2S3/c1-15(26)28-11-5-6-13-31(27)23-21(24)20-17(16-8-3-2-4-9-16)14-18(25-22(20)30-23)19-10-7-12-29-19;1-14(25)28-10-6-12-31(26,27)22-20(23)19-16(15-7-3-2-4-8-15)13-17(24-21(19)30-22)18-9-5-11-29-18;1-14(25)27-10-6-12-30(26)22-20(23)19-16(15-7-3-2-4-8-15)13-17(24-21(19)29-22)18-9-5-11-28-18;22-19-18-15(14-7-2-1-3-8-14)13-16(17-9-6-11-26-17)23-20(18)27-21(19)28(25)12-5-4-10-24/h2-4,7-10,12,14H,5-6,11,13,24H2,1H3;2-5,7-9,11,13H,6,10,12,23H2,1H3;2-5,7-9,11,13H,6,10,12,23H2,1H3;1-3,6-9,11,13,24H,4-5,10,12,22H2. The fourth-order valence-corrected chi connectivity index (χ4v) is 26.6. The van der Waals surface area contributed by atoms with E-state index in [9.17, 15) is 35.4 Å². The summed E-state index contributed by atoms with van der Waals surface area (Å²) in [6, 6.07) is 64.2. The molecule has 9 N–H and O–H groups in total. The molecule has 4 aromatic carbocycles. The Hall–Kier alpha value is -9.91. The van der Waals surface area contributed by atoms with Gasteiger partial charge >= 0.3 is 17.9 Å². The van der Waals surface area contributed by atoms with E-state index in [-0.39, 0.29) is 53.8 Å². The van der Waals surface area contributed by atoms with Gasteiger partial charge in [0.2, 0.25) is 0 Å². The molecule has 0 saturated carbocycles. The predicted octanol–water partition coefficient (Wildman–Crippen LogP) is 21.2. The lowest BCUT2D eigenvalue weighted by molar-refractivity contribution is -0.141. The van der Waals surface area contributed by atoms with Gasteiger partial charge in [-0.1, -0.05) is 146 Å². The topological polar surface area (TPSA) is 340 Å². The third kappa shape index (κ3) is 21.5. The smallest absolute Gasteiger partial charge is 0.302 e. The monoisotopic (exact) mass is 1830 g/mol. The molecule has 0 aliphatic carbocycles. The summed E-state index contributed by atoms with van der Waals surface area (Å²) in [7, 11) is -7.36. The molecular formula is C88H82N8O12S12. The molecule has 0 radical (unpaired) electrons. The number of hydrogen-bond donors (Lipinski definition) is 5. The van der Waals surface area contributed by atoms with Crippen molar-refractivity contribution in [2.75, 3.05) is 72.4 Å². The molecule has 3 unspecified atom stereocenters. The Balaban J connectivity index is 0.000000138. The van der Waals surface area contributed by atoms with Gasteiger partial charge in [-0.25, -0.2) is 28.4 Å². The van der Waals surface area contributed by atoms with Crippen molar-refractivity contribution in [3.8, 4) is 86.8 Å². The van der Waals surface area contributed by atoms with Crippen LogP contribution < -0.4 is 22.9 Å². The highest BCUT2D eigenvalue weighted by molar-refractivity contribution is 7.93. The van der Waals surface area contributed by atoms with E-state index in [0.29, 0.717) is 95.9 Å². The molecule has 16 aromatic rings. The normalized spacial score (nSPS) is 12.1. The number of rotatable bonds is 29. The van der Waals surface area contributed by atoms with Crippen molar-refractivity contribution in [3.63, 3.8) is 0 Å². The SMILES string of the molecule is CC(=O)OCCCCS(=O)c1sc2nc(-c3cccs3)cc(-c3ccccc3)c2c1N.CC(=O)OCCCS(=O)(=O)c1sc2nc(-c3cccs3)cc(-c3ccccc3)c2c1N.CC(=O)OCCCS(=O)c1sc2nc(-c3cccs3)cc(-c3ccccc3)c2c1N.Nc1c(S(=O)CCCCO)sc2nc(-c3cccs3)cc(-c3ccccc3)c12. The summed E-state index contributed by atoms with van der Waals surface area (Å²) in [4.78, 5) is 59.2. The highest BCUT2D eigenvalue weighted by Crippen LogP contribution is 2.49. The number of pyridine rings is 4. The van der Waals surface area contributed by atoms with E-state index in [4.69, 9.17) is 62.2 Å². The lowest BCUT2D eigenvalue weighted by Crippen LogP contribution is -2.11. The average Bonchev–Trinajstić information content (AvgIpc) is 1.66. The largest absolute Gasteiger partial charge is 0.466 e. The Morgan fingerprint density at radius 1 is 0.367 bits per heavy atom. The van der Waals surface area contributed by atoms with E-state index in [2.05, 4.69) is 48.5 Å². The number of fused-ring (bicyclic) bond motifs is 4. The molecule has 0 amide bonds.